The minimum absolute atomic E-state index is 0.0989. The number of aromatic nitrogens is 2. The molecule has 1 aromatic heterocycles. The lowest BCUT2D eigenvalue weighted by Crippen LogP contribution is -2.39. The Bertz CT molecular complexity index is 1010. The zero-order valence-corrected chi connectivity index (χ0v) is 17.0. The number of amides is 1. The molecule has 0 bridgehead atoms. The monoisotopic (exact) mass is 411 g/mol. The SMILES string of the molecule is COc1cccc(CC(=O)N2CCCC(c3nnc(-c4ccccc4F)s3)C2)c1. The highest BCUT2D eigenvalue weighted by molar-refractivity contribution is 7.14. The van der Waals surface area contributed by atoms with E-state index in [-0.39, 0.29) is 17.6 Å². The molecule has 29 heavy (non-hydrogen) atoms. The standard InChI is InChI=1S/C22H22FN3O2S/c1-28-17-8-4-6-15(12-17)13-20(27)26-11-5-7-16(14-26)21-24-25-22(29-21)18-9-2-3-10-19(18)23/h2-4,6,8-10,12,16H,5,7,11,13-14H2,1H3. The van der Waals surface area contributed by atoms with Crippen molar-refractivity contribution in [1.29, 1.82) is 0 Å². The minimum atomic E-state index is -0.297. The summed E-state index contributed by atoms with van der Waals surface area (Å²) >= 11 is 1.41. The molecule has 1 atom stereocenters. The van der Waals surface area contributed by atoms with Crippen LogP contribution in [-0.4, -0.2) is 41.2 Å². The lowest BCUT2D eigenvalue weighted by atomic mass is 9.98. The molecule has 0 aliphatic carbocycles. The first-order valence-electron chi connectivity index (χ1n) is 9.63. The van der Waals surface area contributed by atoms with Crippen LogP contribution in [-0.2, 0) is 11.2 Å². The van der Waals surface area contributed by atoms with Crippen LogP contribution in [0, 0.1) is 5.82 Å². The second-order valence-corrected chi connectivity index (χ2v) is 8.14. The maximum absolute atomic E-state index is 14.0. The Morgan fingerprint density at radius 2 is 2.10 bits per heavy atom. The third-order valence-electron chi connectivity index (χ3n) is 5.16. The maximum Gasteiger partial charge on any atom is 0.227 e. The molecular weight excluding hydrogens is 389 g/mol. The number of piperidine rings is 1. The average Bonchev–Trinajstić information content (AvgIpc) is 3.24. The molecule has 3 aromatic rings. The molecular formula is C22H22FN3O2S. The van der Waals surface area contributed by atoms with Gasteiger partial charge in [0.25, 0.3) is 0 Å². The van der Waals surface area contributed by atoms with Gasteiger partial charge in [0, 0.05) is 24.6 Å². The summed E-state index contributed by atoms with van der Waals surface area (Å²) in [5.41, 5.74) is 1.41. The average molecular weight is 412 g/mol. The normalized spacial score (nSPS) is 16.6. The van der Waals surface area contributed by atoms with Gasteiger partial charge in [-0.25, -0.2) is 4.39 Å². The number of hydrogen-bond donors (Lipinski definition) is 0. The predicted molar refractivity (Wildman–Crippen MR) is 111 cm³/mol. The third kappa shape index (κ3) is 4.45. The number of hydrogen-bond acceptors (Lipinski definition) is 5. The van der Waals surface area contributed by atoms with E-state index in [1.165, 1.54) is 17.4 Å². The van der Waals surface area contributed by atoms with Gasteiger partial charge in [0.1, 0.15) is 16.6 Å². The summed E-state index contributed by atoms with van der Waals surface area (Å²) in [6.45, 7) is 1.37. The van der Waals surface area contributed by atoms with Crippen LogP contribution in [0.2, 0.25) is 0 Å². The van der Waals surface area contributed by atoms with Crippen molar-refractivity contribution in [3.63, 3.8) is 0 Å². The van der Waals surface area contributed by atoms with Gasteiger partial charge in [-0.2, -0.15) is 0 Å². The molecule has 0 N–H and O–H groups in total. The smallest absolute Gasteiger partial charge is 0.227 e. The van der Waals surface area contributed by atoms with Crippen molar-refractivity contribution in [2.45, 2.75) is 25.2 Å². The number of benzene rings is 2. The van der Waals surface area contributed by atoms with E-state index in [1.54, 1.807) is 25.3 Å². The molecule has 1 unspecified atom stereocenters. The van der Waals surface area contributed by atoms with Gasteiger partial charge in [-0.15, -0.1) is 10.2 Å². The molecule has 1 amide bonds. The second kappa shape index (κ2) is 8.69. The molecule has 0 radical (unpaired) electrons. The topological polar surface area (TPSA) is 55.3 Å². The quantitative estimate of drug-likeness (QED) is 0.628. The van der Waals surface area contributed by atoms with Crippen LogP contribution in [0.15, 0.2) is 48.5 Å². The Balaban J connectivity index is 1.44. The maximum atomic E-state index is 14.0. The van der Waals surface area contributed by atoms with E-state index in [0.29, 0.717) is 23.5 Å². The van der Waals surface area contributed by atoms with Crippen molar-refractivity contribution in [2.24, 2.45) is 0 Å². The Labute approximate surface area is 173 Å². The van der Waals surface area contributed by atoms with Crippen molar-refractivity contribution in [1.82, 2.24) is 15.1 Å². The molecule has 5 nitrogen and oxygen atoms in total. The van der Waals surface area contributed by atoms with Crippen LogP contribution in [0.4, 0.5) is 4.39 Å². The molecule has 4 rings (SSSR count). The summed E-state index contributed by atoms with van der Waals surface area (Å²) < 4.78 is 19.3. The summed E-state index contributed by atoms with van der Waals surface area (Å²) in [6.07, 6.45) is 2.22. The van der Waals surface area contributed by atoms with E-state index in [1.807, 2.05) is 29.2 Å². The van der Waals surface area contributed by atoms with Gasteiger partial charge in [0.2, 0.25) is 5.91 Å². The van der Waals surface area contributed by atoms with Gasteiger partial charge >= 0.3 is 0 Å². The highest BCUT2D eigenvalue weighted by atomic mass is 32.1. The number of ether oxygens (including phenoxy) is 1. The number of methoxy groups -OCH3 is 1. The third-order valence-corrected chi connectivity index (χ3v) is 6.28. The van der Waals surface area contributed by atoms with Gasteiger partial charge in [0.15, 0.2) is 5.01 Å². The number of carbonyl (C=O) groups is 1. The van der Waals surface area contributed by atoms with Crippen molar-refractivity contribution >= 4 is 17.2 Å². The van der Waals surface area contributed by atoms with Gasteiger partial charge < -0.3 is 9.64 Å². The van der Waals surface area contributed by atoms with Crippen LogP contribution in [0.1, 0.15) is 29.3 Å². The van der Waals surface area contributed by atoms with Crippen molar-refractivity contribution < 1.29 is 13.9 Å². The Kier molecular flexibility index (Phi) is 5.85. The largest absolute Gasteiger partial charge is 0.497 e. The number of carbonyl (C=O) groups excluding carboxylic acids is 1. The highest BCUT2D eigenvalue weighted by Crippen LogP contribution is 2.33. The number of likely N-dealkylation sites (tertiary alicyclic amines) is 1. The Hall–Kier alpha value is -2.80. The molecule has 1 aliphatic heterocycles. The fraction of sp³-hybridized carbons (Fsp3) is 0.318. The van der Waals surface area contributed by atoms with Crippen LogP contribution < -0.4 is 4.74 Å². The van der Waals surface area contributed by atoms with E-state index in [0.717, 1.165) is 35.7 Å². The van der Waals surface area contributed by atoms with E-state index >= 15 is 0 Å². The molecule has 0 spiro atoms. The van der Waals surface area contributed by atoms with Crippen molar-refractivity contribution in [3.05, 3.63) is 64.9 Å². The molecule has 2 aromatic carbocycles. The molecule has 1 saturated heterocycles. The first-order chi connectivity index (χ1) is 14.1. The summed E-state index contributed by atoms with van der Waals surface area (Å²) in [6, 6.07) is 14.2. The molecule has 1 aliphatic rings. The minimum Gasteiger partial charge on any atom is -0.497 e. The van der Waals surface area contributed by atoms with Crippen molar-refractivity contribution in [2.75, 3.05) is 20.2 Å². The van der Waals surface area contributed by atoms with E-state index in [2.05, 4.69) is 10.2 Å². The summed E-state index contributed by atoms with van der Waals surface area (Å²) in [4.78, 5) is 14.7. The lowest BCUT2D eigenvalue weighted by Gasteiger charge is -2.31. The van der Waals surface area contributed by atoms with E-state index in [4.69, 9.17) is 4.74 Å². The van der Waals surface area contributed by atoms with Gasteiger partial charge in [-0.05, 0) is 42.7 Å². The first kappa shape index (κ1) is 19.5. The highest BCUT2D eigenvalue weighted by Gasteiger charge is 2.27. The fourth-order valence-corrected chi connectivity index (χ4v) is 4.61. The molecule has 150 valence electrons. The van der Waals surface area contributed by atoms with E-state index in [9.17, 15) is 9.18 Å². The van der Waals surface area contributed by atoms with E-state index < -0.39 is 0 Å². The lowest BCUT2D eigenvalue weighted by molar-refractivity contribution is -0.131. The molecule has 7 heteroatoms. The summed E-state index contributed by atoms with van der Waals surface area (Å²) in [5, 5.41) is 9.94. The van der Waals surface area contributed by atoms with Gasteiger partial charge in [-0.3, -0.25) is 4.79 Å². The predicted octanol–water partition coefficient (Wildman–Crippen LogP) is 4.30. The van der Waals surface area contributed by atoms with Crippen LogP contribution in [0.25, 0.3) is 10.6 Å². The molecule has 0 saturated carbocycles. The zero-order valence-electron chi connectivity index (χ0n) is 16.2. The first-order valence-corrected chi connectivity index (χ1v) is 10.4. The van der Waals surface area contributed by atoms with Gasteiger partial charge in [0.05, 0.1) is 13.5 Å². The number of halogens is 1. The number of nitrogens with zero attached hydrogens (tertiary/aromatic N) is 3. The van der Waals surface area contributed by atoms with Crippen LogP contribution in [0.3, 0.4) is 0 Å². The molecule has 2 heterocycles. The Morgan fingerprint density at radius 1 is 1.24 bits per heavy atom. The zero-order chi connectivity index (χ0) is 20.2. The summed E-state index contributed by atoms with van der Waals surface area (Å²) in [5.74, 6) is 0.688. The molecule has 1 fully saturated rings. The fourth-order valence-electron chi connectivity index (χ4n) is 3.62. The van der Waals surface area contributed by atoms with Crippen LogP contribution >= 0.6 is 11.3 Å². The Morgan fingerprint density at radius 3 is 2.93 bits per heavy atom. The van der Waals surface area contributed by atoms with Gasteiger partial charge in [-0.1, -0.05) is 35.6 Å². The van der Waals surface area contributed by atoms with Crippen molar-refractivity contribution in [3.8, 4) is 16.3 Å². The summed E-state index contributed by atoms with van der Waals surface area (Å²) in [7, 11) is 1.62. The number of rotatable bonds is 5. The second-order valence-electron chi connectivity index (χ2n) is 7.13. The van der Waals surface area contributed by atoms with Crippen LogP contribution in [0.5, 0.6) is 5.75 Å².